The zero-order valence-corrected chi connectivity index (χ0v) is 18.9. The van der Waals surface area contributed by atoms with E-state index in [0.717, 1.165) is 37.0 Å². The highest BCUT2D eigenvalue weighted by Crippen LogP contribution is 2.25. The smallest absolute Gasteiger partial charge is 0.257 e. The molecule has 0 saturated carbocycles. The molecule has 1 amide bonds. The van der Waals surface area contributed by atoms with Crippen molar-refractivity contribution in [1.82, 2.24) is 9.62 Å². The Bertz CT molecular complexity index is 1000. The standard InChI is InChI=1S/C23H30N2O5S/c1-29-19-10-6-8-18(16-19)9-7-13-24-31(27,28)20-11-12-22(30-2)21(17-20)23(26)25-14-4-3-5-15-25/h6,8,10-12,16-17,24H,3-5,7,9,13-15H2,1-2H3. The van der Waals surface area contributed by atoms with Gasteiger partial charge in [0.05, 0.1) is 24.7 Å². The quantitative estimate of drug-likeness (QED) is 0.598. The Morgan fingerprint density at radius 1 is 1.03 bits per heavy atom. The zero-order valence-electron chi connectivity index (χ0n) is 18.1. The number of carbonyl (C=O) groups is 1. The molecule has 0 radical (unpaired) electrons. The highest BCUT2D eigenvalue weighted by Gasteiger charge is 2.24. The molecule has 0 spiro atoms. The molecular formula is C23H30N2O5S. The summed E-state index contributed by atoms with van der Waals surface area (Å²) >= 11 is 0. The molecule has 1 saturated heterocycles. The van der Waals surface area contributed by atoms with Crippen LogP contribution in [0.5, 0.6) is 11.5 Å². The summed E-state index contributed by atoms with van der Waals surface area (Å²) in [5, 5.41) is 0. The van der Waals surface area contributed by atoms with Crippen molar-refractivity contribution in [1.29, 1.82) is 0 Å². The van der Waals surface area contributed by atoms with E-state index in [2.05, 4.69) is 4.72 Å². The highest BCUT2D eigenvalue weighted by molar-refractivity contribution is 7.89. The molecule has 1 fully saturated rings. The Hall–Kier alpha value is -2.58. The second-order valence-corrected chi connectivity index (χ2v) is 9.33. The maximum absolute atomic E-state index is 12.9. The summed E-state index contributed by atoms with van der Waals surface area (Å²) in [6.07, 6.45) is 4.39. The predicted molar refractivity (Wildman–Crippen MR) is 119 cm³/mol. The lowest BCUT2D eigenvalue weighted by atomic mass is 10.1. The molecule has 1 aliphatic rings. The van der Waals surface area contributed by atoms with Gasteiger partial charge >= 0.3 is 0 Å². The summed E-state index contributed by atoms with van der Waals surface area (Å²) < 4.78 is 38.8. The van der Waals surface area contributed by atoms with E-state index in [0.29, 0.717) is 31.8 Å². The normalized spacial score (nSPS) is 14.3. The third kappa shape index (κ3) is 5.98. The Morgan fingerprint density at radius 3 is 2.52 bits per heavy atom. The molecule has 0 unspecified atom stereocenters. The number of nitrogens with one attached hydrogen (secondary N) is 1. The summed E-state index contributed by atoms with van der Waals surface area (Å²) in [5.41, 5.74) is 1.36. The molecule has 2 aromatic carbocycles. The van der Waals surface area contributed by atoms with Crippen LogP contribution in [0.3, 0.4) is 0 Å². The van der Waals surface area contributed by atoms with Crippen molar-refractivity contribution in [3.8, 4) is 11.5 Å². The van der Waals surface area contributed by atoms with Crippen molar-refractivity contribution in [2.75, 3.05) is 33.9 Å². The van der Waals surface area contributed by atoms with Gasteiger partial charge in [-0.3, -0.25) is 4.79 Å². The number of sulfonamides is 1. The molecular weight excluding hydrogens is 416 g/mol. The maximum Gasteiger partial charge on any atom is 0.257 e. The van der Waals surface area contributed by atoms with Crippen LogP contribution in [0.15, 0.2) is 47.4 Å². The van der Waals surface area contributed by atoms with E-state index in [-0.39, 0.29) is 16.4 Å². The second-order valence-electron chi connectivity index (χ2n) is 7.57. The molecule has 2 aromatic rings. The number of hydrogen-bond donors (Lipinski definition) is 1. The molecule has 1 heterocycles. The number of aryl methyl sites for hydroxylation is 1. The first-order chi connectivity index (χ1) is 14.9. The lowest BCUT2D eigenvalue weighted by molar-refractivity contribution is 0.0720. The molecule has 1 N–H and O–H groups in total. The first-order valence-electron chi connectivity index (χ1n) is 10.5. The van der Waals surface area contributed by atoms with Gasteiger partial charge in [-0.25, -0.2) is 13.1 Å². The SMILES string of the molecule is COc1cccc(CCCNS(=O)(=O)c2ccc(OC)c(C(=O)N3CCCCC3)c2)c1. The van der Waals surface area contributed by atoms with Gasteiger partial charge in [-0.05, 0) is 68.0 Å². The van der Waals surface area contributed by atoms with Gasteiger partial charge in [0.2, 0.25) is 10.0 Å². The van der Waals surface area contributed by atoms with E-state index < -0.39 is 10.0 Å². The number of hydrogen-bond acceptors (Lipinski definition) is 5. The average Bonchev–Trinajstić information content (AvgIpc) is 2.81. The van der Waals surface area contributed by atoms with Gasteiger partial charge < -0.3 is 14.4 Å². The number of benzene rings is 2. The van der Waals surface area contributed by atoms with Crippen molar-refractivity contribution < 1.29 is 22.7 Å². The van der Waals surface area contributed by atoms with Crippen LogP contribution in [0.1, 0.15) is 41.6 Å². The predicted octanol–water partition coefficient (Wildman–Crippen LogP) is 3.24. The van der Waals surface area contributed by atoms with E-state index in [1.165, 1.54) is 19.2 Å². The maximum atomic E-state index is 12.9. The van der Waals surface area contributed by atoms with Crippen LogP contribution in [-0.4, -0.2) is 53.1 Å². The topological polar surface area (TPSA) is 84.9 Å². The molecule has 0 aliphatic carbocycles. The Kier molecular flexibility index (Phi) is 7.92. The van der Waals surface area contributed by atoms with Crippen LogP contribution < -0.4 is 14.2 Å². The van der Waals surface area contributed by atoms with Gasteiger partial charge in [-0.1, -0.05) is 12.1 Å². The fraction of sp³-hybridized carbons (Fsp3) is 0.435. The van der Waals surface area contributed by atoms with E-state index in [1.54, 1.807) is 18.1 Å². The van der Waals surface area contributed by atoms with Gasteiger partial charge in [-0.15, -0.1) is 0 Å². The van der Waals surface area contributed by atoms with Gasteiger partial charge in [0.15, 0.2) is 0 Å². The van der Waals surface area contributed by atoms with Crippen molar-refractivity contribution >= 4 is 15.9 Å². The minimum absolute atomic E-state index is 0.0649. The molecule has 31 heavy (non-hydrogen) atoms. The van der Waals surface area contributed by atoms with Crippen LogP contribution in [0.25, 0.3) is 0 Å². The molecule has 168 valence electrons. The van der Waals surface area contributed by atoms with Crippen LogP contribution in [0, 0.1) is 0 Å². The van der Waals surface area contributed by atoms with Crippen LogP contribution in [0.2, 0.25) is 0 Å². The Balaban J connectivity index is 1.66. The number of methoxy groups -OCH3 is 2. The summed E-state index contributed by atoms with van der Waals surface area (Å²) in [4.78, 5) is 14.8. The third-order valence-corrected chi connectivity index (χ3v) is 6.88. The second kappa shape index (κ2) is 10.6. The highest BCUT2D eigenvalue weighted by atomic mass is 32.2. The number of piperidine rings is 1. The van der Waals surface area contributed by atoms with E-state index in [1.807, 2.05) is 24.3 Å². The fourth-order valence-corrected chi connectivity index (χ4v) is 4.80. The number of ether oxygens (including phenoxy) is 2. The molecule has 8 heteroatoms. The van der Waals surface area contributed by atoms with Crippen molar-refractivity contribution in [2.24, 2.45) is 0 Å². The molecule has 1 aliphatic heterocycles. The minimum atomic E-state index is -3.74. The number of nitrogens with zero attached hydrogens (tertiary/aromatic N) is 1. The lowest BCUT2D eigenvalue weighted by Crippen LogP contribution is -2.36. The number of amides is 1. The molecule has 3 rings (SSSR count). The van der Waals surface area contributed by atoms with Crippen molar-refractivity contribution in [3.05, 3.63) is 53.6 Å². The van der Waals surface area contributed by atoms with Crippen molar-refractivity contribution in [2.45, 2.75) is 37.0 Å². The third-order valence-electron chi connectivity index (χ3n) is 5.42. The minimum Gasteiger partial charge on any atom is -0.497 e. The number of rotatable bonds is 9. The van der Waals surface area contributed by atoms with E-state index >= 15 is 0 Å². The lowest BCUT2D eigenvalue weighted by Gasteiger charge is -2.27. The molecule has 0 bridgehead atoms. The van der Waals surface area contributed by atoms with Gasteiger partial charge in [0.1, 0.15) is 11.5 Å². The summed E-state index contributed by atoms with van der Waals surface area (Å²) in [6.45, 7) is 1.66. The Labute approximate surface area is 184 Å². The van der Waals surface area contributed by atoms with E-state index in [4.69, 9.17) is 9.47 Å². The summed E-state index contributed by atoms with van der Waals surface area (Å²) in [7, 11) is -0.643. The molecule has 7 nitrogen and oxygen atoms in total. The first-order valence-corrected chi connectivity index (χ1v) is 12.0. The average molecular weight is 447 g/mol. The molecule has 0 aromatic heterocycles. The van der Waals surface area contributed by atoms with Gasteiger partial charge in [-0.2, -0.15) is 0 Å². The summed E-state index contributed by atoms with van der Waals surface area (Å²) in [5.74, 6) is 0.974. The monoisotopic (exact) mass is 446 g/mol. The largest absolute Gasteiger partial charge is 0.497 e. The van der Waals surface area contributed by atoms with Crippen LogP contribution in [-0.2, 0) is 16.4 Å². The van der Waals surface area contributed by atoms with E-state index in [9.17, 15) is 13.2 Å². The van der Waals surface area contributed by atoms with Gasteiger partial charge in [0, 0.05) is 19.6 Å². The zero-order chi connectivity index (χ0) is 22.3. The van der Waals surface area contributed by atoms with Crippen molar-refractivity contribution in [3.63, 3.8) is 0 Å². The van der Waals surface area contributed by atoms with Crippen LogP contribution in [0.4, 0.5) is 0 Å². The number of likely N-dealkylation sites (tertiary alicyclic amines) is 1. The molecule has 0 atom stereocenters. The fourth-order valence-electron chi connectivity index (χ4n) is 3.70. The Morgan fingerprint density at radius 2 is 1.81 bits per heavy atom. The van der Waals surface area contributed by atoms with Gasteiger partial charge in [0.25, 0.3) is 5.91 Å². The number of carbonyl (C=O) groups excluding carboxylic acids is 1. The summed E-state index contributed by atoms with van der Waals surface area (Å²) in [6, 6.07) is 12.1. The van der Waals surface area contributed by atoms with Crippen LogP contribution >= 0.6 is 0 Å². The first kappa shape index (κ1) is 23.1.